The van der Waals surface area contributed by atoms with Gasteiger partial charge in [0.05, 0.1) is 0 Å². The fourth-order valence-corrected chi connectivity index (χ4v) is 12.1. The van der Waals surface area contributed by atoms with E-state index in [-0.39, 0.29) is 10.8 Å². The summed E-state index contributed by atoms with van der Waals surface area (Å²) in [6.07, 6.45) is 8.97. The maximum absolute atomic E-state index is 2.42. The average Bonchev–Trinajstić information content (AvgIpc) is 3.78. The van der Waals surface area contributed by atoms with Crippen LogP contribution in [-0.2, 0) is 10.8 Å². The first-order chi connectivity index (χ1) is 36.8. The molecule has 2 nitrogen and oxygen atoms in total. The molecular weight excluding hydrogens is 917 g/mol. The van der Waals surface area contributed by atoms with Gasteiger partial charge in [0.15, 0.2) is 0 Å². The highest BCUT2D eigenvalue weighted by atomic mass is 15.1. The van der Waals surface area contributed by atoms with Crippen LogP contribution in [0.15, 0.2) is 218 Å². The Morgan fingerprint density at radius 1 is 0.263 bits per heavy atom. The lowest BCUT2D eigenvalue weighted by Crippen LogP contribution is -2.16. The summed E-state index contributed by atoms with van der Waals surface area (Å²) in [6.45, 7) is 18.2. The minimum Gasteiger partial charge on any atom is -0.310 e. The van der Waals surface area contributed by atoms with Crippen molar-refractivity contribution in [1.82, 2.24) is 0 Å². The lowest BCUT2D eigenvalue weighted by molar-refractivity contribution is 0.660. The van der Waals surface area contributed by atoms with E-state index in [1.165, 1.54) is 123 Å². The van der Waals surface area contributed by atoms with E-state index < -0.39 is 0 Å². The van der Waals surface area contributed by atoms with E-state index in [2.05, 4.69) is 308 Å². The summed E-state index contributed by atoms with van der Waals surface area (Å²) in [7, 11) is 0. The molecule has 12 rings (SSSR count). The number of fused-ring (bicyclic) bond motifs is 6. The Bertz CT molecular complexity index is 3590. The largest absolute Gasteiger partial charge is 0.310 e. The highest BCUT2D eigenvalue weighted by Gasteiger charge is 2.37. The molecule has 0 amide bonds. The van der Waals surface area contributed by atoms with E-state index in [1.54, 1.807) is 0 Å². The topological polar surface area (TPSA) is 6.48 Å². The third kappa shape index (κ3) is 8.98. The Hall–Kier alpha value is -8.72. The zero-order valence-electron chi connectivity index (χ0n) is 45.0. The van der Waals surface area contributed by atoms with Crippen molar-refractivity contribution < 1.29 is 0 Å². The van der Waals surface area contributed by atoms with Gasteiger partial charge in [-0.2, -0.15) is 0 Å². The van der Waals surface area contributed by atoms with Crippen molar-refractivity contribution in [2.75, 3.05) is 9.80 Å². The lowest BCUT2D eigenvalue weighted by Gasteiger charge is -2.28. The number of rotatable bonds is 11. The average molecular weight is 981 g/mol. The quantitative estimate of drug-likeness (QED) is 0.119. The smallest absolute Gasteiger partial charge is 0.0466 e. The van der Waals surface area contributed by atoms with Gasteiger partial charge in [0, 0.05) is 45.0 Å². The van der Waals surface area contributed by atoms with Crippen LogP contribution in [0, 0.1) is 27.7 Å². The standard InChI is InChI=1S/C74H64N2/c1-49-39-50(2)42-63(41-49)75(59-15-11-9-12-16-59)61-33-37-67-65-35-27-55(45-69(65)73(5,6)71(67)47-61)21-19-53-23-29-57(30-24-53)58-31-25-54(26-32-58)20-22-56-28-36-66-68-38-34-62(48-72(68)74(7,8)70(66)46-56)76(60-17-13-10-14-18-60)64-43-51(3)40-52(4)44-64/h9-48H,1-8H3. The minimum atomic E-state index is -0.158. The van der Waals surface area contributed by atoms with E-state index in [0.717, 1.165) is 11.4 Å². The van der Waals surface area contributed by atoms with Crippen LogP contribution in [0.5, 0.6) is 0 Å². The first-order valence-electron chi connectivity index (χ1n) is 26.8. The second-order valence-corrected chi connectivity index (χ2v) is 22.3. The van der Waals surface area contributed by atoms with Gasteiger partial charge in [-0.3, -0.25) is 0 Å². The van der Waals surface area contributed by atoms with Crippen molar-refractivity contribution in [2.45, 2.75) is 66.2 Å². The molecule has 0 saturated heterocycles. The van der Waals surface area contributed by atoms with Crippen molar-refractivity contribution in [2.24, 2.45) is 0 Å². The van der Waals surface area contributed by atoms with E-state index in [9.17, 15) is 0 Å². The van der Waals surface area contributed by atoms with Gasteiger partial charge < -0.3 is 9.80 Å². The number of hydrogen-bond acceptors (Lipinski definition) is 2. The van der Waals surface area contributed by atoms with Crippen molar-refractivity contribution in [1.29, 1.82) is 0 Å². The van der Waals surface area contributed by atoms with E-state index in [4.69, 9.17) is 0 Å². The molecule has 0 fully saturated rings. The first kappa shape index (κ1) is 48.2. The molecule has 0 saturated carbocycles. The fourth-order valence-electron chi connectivity index (χ4n) is 12.1. The molecule has 0 spiro atoms. The van der Waals surface area contributed by atoms with Crippen LogP contribution in [0.1, 0.15) is 94.5 Å². The number of anilines is 6. The number of hydrogen-bond donors (Lipinski definition) is 0. The predicted molar refractivity (Wildman–Crippen MR) is 326 cm³/mol. The zero-order chi connectivity index (χ0) is 52.3. The Morgan fingerprint density at radius 3 is 0.921 bits per heavy atom. The fraction of sp³-hybridized carbons (Fsp3) is 0.135. The van der Waals surface area contributed by atoms with Gasteiger partial charge in [0.2, 0.25) is 0 Å². The highest BCUT2D eigenvalue weighted by molar-refractivity contribution is 5.89. The summed E-state index contributed by atoms with van der Waals surface area (Å²) in [4.78, 5) is 4.79. The van der Waals surface area contributed by atoms with Gasteiger partial charge in [-0.25, -0.2) is 0 Å². The summed E-state index contributed by atoms with van der Waals surface area (Å²) in [5, 5.41) is 0. The van der Waals surface area contributed by atoms with Gasteiger partial charge in [-0.1, -0.05) is 198 Å². The summed E-state index contributed by atoms with van der Waals surface area (Å²) in [6, 6.07) is 80.9. The van der Waals surface area contributed by atoms with Gasteiger partial charge in [0.1, 0.15) is 0 Å². The molecule has 2 heteroatoms. The summed E-state index contributed by atoms with van der Waals surface area (Å²) < 4.78 is 0. The van der Waals surface area contributed by atoms with E-state index >= 15 is 0 Å². The number of nitrogens with zero attached hydrogens (tertiary/aromatic N) is 2. The van der Waals surface area contributed by atoms with Crippen molar-refractivity contribution in [3.8, 4) is 33.4 Å². The van der Waals surface area contributed by atoms with Crippen LogP contribution in [0.4, 0.5) is 34.1 Å². The molecule has 0 heterocycles. The van der Waals surface area contributed by atoms with Crippen molar-refractivity contribution in [3.05, 3.63) is 285 Å². The Labute approximate surface area is 450 Å². The van der Waals surface area contributed by atoms with Crippen LogP contribution < -0.4 is 9.80 Å². The van der Waals surface area contributed by atoms with Crippen molar-refractivity contribution >= 4 is 58.4 Å². The van der Waals surface area contributed by atoms with Crippen LogP contribution in [0.25, 0.3) is 57.7 Å². The molecule has 10 aromatic rings. The Morgan fingerprint density at radius 2 is 0.566 bits per heavy atom. The molecule has 370 valence electrons. The van der Waals surface area contributed by atoms with Gasteiger partial charge in [0.25, 0.3) is 0 Å². The maximum Gasteiger partial charge on any atom is 0.0466 e. The van der Waals surface area contributed by atoms with Crippen LogP contribution >= 0.6 is 0 Å². The monoisotopic (exact) mass is 981 g/mol. The van der Waals surface area contributed by atoms with Crippen LogP contribution in [-0.4, -0.2) is 0 Å². The van der Waals surface area contributed by atoms with Crippen LogP contribution in [0.3, 0.4) is 0 Å². The zero-order valence-corrected chi connectivity index (χ0v) is 45.0. The molecular formula is C74H64N2. The summed E-state index contributed by atoms with van der Waals surface area (Å²) in [5.41, 5.74) is 29.6. The van der Waals surface area contributed by atoms with Gasteiger partial charge in [-0.15, -0.1) is 0 Å². The molecule has 0 aliphatic heterocycles. The molecule has 0 N–H and O–H groups in total. The molecule has 0 radical (unpaired) electrons. The molecule has 0 atom stereocenters. The number of para-hydroxylation sites is 2. The summed E-state index contributed by atoms with van der Waals surface area (Å²) in [5.74, 6) is 0. The van der Waals surface area contributed by atoms with E-state index in [1.807, 2.05) is 0 Å². The molecule has 2 aliphatic rings. The van der Waals surface area contributed by atoms with E-state index in [0.29, 0.717) is 0 Å². The molecule has 0 aromatic heterocycles. The number of aryl methyl sites for hydroxylation is 4. The second-order valence-electron chi connectivity index (χ2n) is 22.3. The lowest BCUT2D eigenvalue weighted by atomic mass is 9.81. The summed E-state index contributed by atoms with van der Waals surface area (Å²) >= 11 is 0. The maximum atomic E-state index is 2.42. The third-order valence-electron chi connectivity index (χ3n) is 15.9. The van der Waals surface area contributed by atoms with Gasteiger partial charge in [-0.05, 0) is 201 Å². The van der Waals surface area contributed by atoms with Crippen LogP contribution in [0.2, 0.25) is 0 Å². The highest BCUT2D eigenvalue weighted by Crippen LogP contribution is 2.53. The second kappa shape index (κ2) is 19.2. The van der Waals surface area contributed by atoms with Gasteiger partial charge >= 0.3 is 0 Å². The number of benzene rings is 10. The SMILES string of the molecule is Cc1cc(C)cc(N(c2ccccc2)c2ccc3c(c2)C(C)(C)c2cc(C=Cc4ccc(-c5ccc(C=Cc6ccc7c(c6)C(C)(C)c6cc(N(c8ccccc8)c8cc(C)cc(C)c8)ccc6-7)cc5)cc4)ccc2-3)c1. The Balaban J connectivity index is 0.725. The predicted octanol–water partition coefficient (Wildman–Crippen LogP) is 20.5. The molecule has 0 unspecified atom stereocenters. The first-order valence-corrected chi connectivity index (χ1v) is 26.8. The minimum absolute atomic E-state index is 0.158. The van der Waals surface area contributed by atoms with Crippen molar-refractivity contribution in [3.63, 3.8) is 0 Å². The third-order valence-corrected chi connectivity index (χ3v) is 15.9. The Kier molecular flexibility index (Phi) is 12.2. The molecule has 0 bridgehead atoms. The molecule has 76 heavy (non-hydrogen) atoms. The molecule has 10 aromatic carbocycles. The molecule has 2 aliphatic carbocycles. The normalized spacial score (nSPS) is 13.6.